The van der Waals surface area contributed by atoms with Crippen LogP contribution in [0.5, 0.6) is 0 Å². The summed E-state index contributed by atoms with van der Waals surface area (Å²) in [5, 5.41) is 82.8. The number of likely N-dealkylation sites (tertiary alicyclic amines) is 1. The van der Waals surface area contributed by atoms with E-state index in [-0.39, 0.29) is 152 Å². The molecule has 17 amide bonds. The highest BCUT2D eigenvalue weighted by atomic mass is 32.2. The van der Waals surface area contributed by atoms with Crippen LogP contribution in [0.4, 0.5) is 4.79 Å². The second-order valence-electron chi connectivity index (χ2n) is 37.2. The molecule has 47 heteroatoms. The van der Waals surface area contributed by atoms with E-state index in [1.165, 1.54) is 31.3 Å². The smallest absolute Gasteiger partial charge is 0.315 e. The first-order valence-electron chi connectivity index (χ1n) is 49.4. The van der Waals surface area contributed by atoms with Gasteiger partial charge in [0, 0.05) is 92.3 Å². The molecule has 46 nitrogen and oxygen atoms in total. The van der Waals surface area contributed by atoms with Gasteiger partial charge in [-0.25, -0.2) is 9.78 Å². The summed E-state index contributed by atoms with van der Waals surface area (Å²) in [4.78, 5) is 248. The SMILES string of the molecule is CC(C)C[C@H](NC(=O)CCOCCOCCOCCOCCNC(=O)CCCC[C@@H]1SC[C@@H]2NC(=O)N[C@@H]21)C(=O)N[C@H](C(=O)N[C@@H](Cc1ccccc1)C(=O)N1CCC[C@H]1C(=O)N[C@@H](Cc1c[nH]cn1)C(=O)N[C@@H](Cc1ccccc1)C(=O)N[C@@H](Cc1c[nH]c2ccccc12)C(=O)N[C@@H](C)C(=O)N[C@@H](CCC(=O)O)C(=O)N[C@@H](CC(C)C)C(=O)N[C@H](C(=O)N[C@@H](CO)C(=O)N[C@@H](CCCCN)C(N)=O)[C@@H](C)O)[C@@H](C)O. The third kappa shape index (κ3) is 39.9. The van der Waals surface area contributed by atoms with Crippen LogP contribution >= 0.6 is 11.8 Å². The first-order chi connectivity index (χ1) is 69.4. The second-order valence-corrected chi connectivity index (χ2v) is 38.4. The molecule has 5 aromatic rings. The molecule has 0 saturated carbocycles. The van der Waals surface area contributed by atoms with Gasteiger partial charge in [0.25, 0.3) is 0 Å². The molecular formula is C98H145N21O25S. The molecule has 2 aromatic heterocycles. The van der Waals surface area contributed by atoms with Crippen molar-refractivity contribution in [2.75, 3.05) is 84.8 Å². The molecule has 3 fully saturated rings. The Bertz CT molecular complexity index is 5040. The number of carbonyl (C=O) groups excluding carboxylic acids is 16. The molecule has 798 valence electrons. The van der Waals surface area contributed by atoms with Gasteiger partial charge in [0.2, 0.25) is 88.6 Å². The van der Waals surface area contributed by atoms with Crippen molar-refractivity contribution in [3.63, 3.8) is 0 Å². The Labute approximate surface area is 845 Å². The van der Waals surface area contributed by atoms with Crippen LogP contribution in [0, 0.1) is 11.8 Å². The number of nitrogens with zero attached hydrogens (tertiary/aromatic N) is 2. The summed E-state index contributed by atoms with van der Waals surface area (Å²) in [5.41, 5.74) is 13.5. The standard InChI is InChI=1S/C98H145N21O25S/c1-56(2)45-69(106-80(124)33-37-141-39-41-143-43-44-144-42-40-142-38-35-102-79(123)30-17-16-29-78-84-76(54-145-78)115-98(140)118-84)91(133)116-82(59(6)121)95(137)113-74(48-62-23-12-9-13-24-62)97(139)119-36-20-28-77(119)94(136)112-73(50-64-52-101-55-104-64)90(132)110-71(47-61-21-10-8-11-22-61)89(131)111-72(49-63-51-103-66-26-15-14-25-65(63)66)88(130)105-58(5)86(128)108-68(31-32-81(125)126)87(129)109-70(46-57(3)4)92(134)117-83(60(7)122)96(138)114-75(53-120)93(135)107-67(85(100)127)27-18-19-34-99/h8-15,21-26,51-52,55-60,67-78,82-84,103,120-122H,16-20,27-50,53-54,99H2,1-7H3,(H2,100,127)(H,101,104)(H,102,123)(H,105,130)(H,106,124)(H,107,135)(H,108,128)(H,109,129)(H,110,132)(H,111,131)(H,112,136)(H,113,137)(H,114,138)(H,116,133)(H,117,134)(H,125,126)(H2,115,118,140)/t58-,59+,60+,67-,68-,69-,70-,71-,72-,73-,74-,75-,76-,77-,78-,82-,83-,84-/m0/s1. The van der Waals surface area contributed by atoms with E-state index < -0.39 is 199 Å². The molecular weight excluding hydrogens is 1900 g/mol. The maximum absolute atomic E-state index is 15.4. The van der Waals surface area contributed by atoms with E-state index in [1.54, 1.807) is 105 Å². The zero-order chi connectivity index (χ0) is 106. The van der Waals surface area contributed by atoms with E-state index in [0.717, 1.165) is 31.9 Å². The monoisotopic (exact) mass is 2050 g/mol. The number of H-pyrrole nitrogens is 2. The van der Waals surface area contributed by atoms with Crippen molar-refractivity contribution in [1.29, 1.82) is 0 Å². The van der Waals surface area contributed by atoms with Gasteiger partial charge in [-0.3, -0.25) is 76.7 Å². The number of rotatable bonds is 67. The lowest BCUT2D eigenvalue weighted by Crippen LogP contribution is -2.62. The lowest BCUT2D eigenvalue weighted by molar-refractivity contribution is -0.143. The Morgan fingerprint density at radius 2 is 1.02 bits per heavy atom. The fourth-order valence-corrected chi connectivity index (χ4v) is 18.3. The normalized spacial score (nSPS) is 17.7. The minimum Gasteiger partial charge on any atom is -0.481 e. The largest absolute Gasteiger partial charge is 0.481 e. The fraction of sp³-hybridized carbons (Fsp3) is 0.592. The maximum Gasteiger partial charge on any atom is 0.315 e. The molecule has 145 heavy (non-hydrogen) atoms. The van der Waals surface area contributed by atoms with Crippen molar-refractivity contribution in [2.45, 2.75) is 272 Å². The van der Waals surface area contributed by atoms with Crippen molar-refractivity contribution in [3.05, 3.63) is 126 Å². The Kier molecular flexibility index (Phi) is 49.8. The van der Waals surface area contributed by atoms with Gasteiger partial charge in [-0.15, -0.1) is 0 Å². The Balaban J connectivity index is 0.882. The molecule has 8 rings (SSSR count). The number of carbonyl (C=O) groups is 17. The molecule has 5 heterocycles. The minimum atomic E-state index is -1.85. The van der Waals surface area contributed by atoms with Crippen LogP contribution < -0.4 is 91.2 Å². The summed E-state index contributed by atoms with van der Waals surface area (Å²) >= 11 is 1.85. The number of carboxylic acid groups (broad SMARTS) is 1. The van der Waals surface area contributed by atoms with Gasteiger partial charge in [0.05, 0.1) is 95.8 Å². The number of ether oxygens (including phenoxy) is 4. The van der Waals surface area contributed by atoms with Gasteiger partial charge in [-0.1, -0.05) is 113 Å². The molecule has 0 radical (unpaired) electrons. The van der Waals surface area contributed by atoms with Gasteiger partial charge in [-0.05, 0) is 126 Å². The number of amides is 17. The van der Waals surface area contributed by atoms with Gasteiger partial charge in [-0.2, -0.15) is 11.8 Å². The number of nitrogens with one attached hydrogen (secondary N) is 17. The first-order valence-corrected chi connectivity index (χ1v) is 50.4. The average Bonchev–Trinajstić information content (AvgIpc) is 1.65. The first kappa shape index (κ1) is 117. The van der Waals surface area contributed by atoms with Crippen LogP contribution in [0.2, 0.25) is 0 Å². The number of urea groups is 1. The number of fused-ring (bicyclic) bond motifs is 2. The van der Waals surface area contributed by atoms with Crippen LogP contribution in [0.3, 0.4) is 0 Å². The molecule has 3 saturated heterocycles. The molecule has 0 aliphatic carbocycles. The Hall–Kier alpha value is -12.8. The number of aliphatic carboxylic acids is 1. The fourth-order valence-electron chi connectivity index (χ4n) is 16.8. The molecule has 3 aromatic carbocycles. The molecule has 3 aliphatic rings. The van der Waals surface area contributed by atoms with E-state index in [0.29, 0.717) is 78.5 Å². The van der Waals surface area contributed by atoms with Crippen molar-refractivity contribution >= 4 is 123 Å². The summed E-state index contributed by atoms with van der Waals surface area (Å²) < 4.78 is 22.4. The van der Waals surface area contributed by atoms with Gasteiger partial charge in [0.1, 0.15) is 78.5 Å². The number of aliphatic hydroxyl groups excluding tert-OH is 3. The number of unbranched alkanes of at least 4 members (excludes halogenated alkanes) is 2. The minimum absolute atomic E-state index is 0.0187. The number of thioether (sulfide) groups is 1. The Morgan fingerprint density at radius 1 is 0.503 bits per heavy atom. The van der Waals surface area contributed by atoms with E-state index in [1.807, 2.05) is 25.6 Å². The van der Waals surface area contributed by atoms with Crippen LogP contribution in [0.1, 0.15) is 161 Å². The quantitative estimate of drug-likeness (QED) is 0.0143. The zero-order valence-electron chi connectivity index (χ0n) is 83.1. The molecule has 3 aliphatic heterocycles. The van der Waals surface area contributed by atoms with Crippen LogP contribution in [-0.4, -0.2) is 334 Å². The molecule has 18 atom stereocenters. The van der Waals surface area contributed by atoms with Crippen molar-refractivity contribution < 1.29 is 121 Å². The number of aliphatic hydroxyl groups is 3. The van der Waals surface area contributed by atoms with Crippen molar-refractivity contribution in [2.24, 2.45) is 23.3 Å². The van der Waals surface area contributed by atoms with E-state index in [4.69, 9.17) is 30.4 Å². The van der Waals surface area contributed by atoms with E-state index >= 15 is 24.0 Å². The third-order valence-electron chi connectivity index (χ3n) is 24.5. The average molecular weight is 2050 g/mol. The summed E-state index contributed by atoms with van der Waals surface area (Å²) in [6, 6.07) is 4.19. The molecule has 0 unspecified atom stereocenters. The van der Waals surface area contributed by atoms with Gasteiger partial charge < -0.3 is 145 Å². The molecule has 0 bridgehead atoms. The van der Waals surface area contributed by atoms with Crippen LogP contribution in [-0.2, 0) is 121 Å². The van der Waals surface area contributed by atoms with E-state index in [9.17, 15) is 78.0 Å². The van der Waals surface area contributed by atoms with E-state index in [2.05, 4.69) is 94.7 Å². The maximum atomic E-state index is 15.4. The number of aromatic nitrogens is 3. The second kappa shape index (κ2) is 61.5. The summed E-state index contributed by atoms with van der Waals surface area (Å²) in [6.07, 6.45) is 2.96. The Morgan fingerprint density at radius 3 is 1.60 bits per heavy atom. The highest BCUT2D eigenvalue weighted by molar-refractivity contribution is 8.00. The van der Waals surface area contributed by atoms with Crippen molar-refractivity contribution in [3.8, 4) is 0 Å². The summed E-state index contributed by atoms with van der Waals surface area (Å²) in [5.74, 6) is -14.3. The lowest BCUT2D eigenvalue weighted by atomic mass is 10.0. The molecule has 0 spiro atoms. The highest BCUT2D eigenvalue weighted by Gasteiger charge is 2.45. The number of carboxylic acids is 1. The predicted octanol–water partition coefficient (Wildman–Crippen LogP) is -2.39. The van der Waals surface area contributed by atoms with Crippen molar-refractivity contribution in [1.82, 2.24) is 99.6 Å². The topological polar surface area (TPSA) is 688 Å². The number of hydrogen-bond acceptors (Lipinski definition) is 27. The number of imidazole rings is 1. The number of aromatic amines is 2. The van der Waals surface area contributed by atoms with Crippen LogP contribution in [0.15, 0.2) is 104 Å². The number of benzene rings is 3. The number of para-hydroxylation sites is 1. The van der Waals surface area contributed by atoms with Gasteiger partial charge in [0.15, 0.2) is 0 Å². The third-order valence-corrected chi connectivity index (χ3v) is 26.0. The lowest BCUT2D eigenvalue weighted by Gasteiger charge is -2.31. The van der Waals surface area contributed by atoms with Crippen LogP contribution in [0.25, 0.3) is 10.9 Å². The summed E-state index contributed by atoms with van der Waals surface area (Å²) in [6.45, 7) is 12.0. The highest BCUT2D eigenvalue weighted by Crippen LogP contribution is 2.34. The number of nitrogens with two attached hydrogens (primary N) is 2. The summed E-state index contributed by atoms with van der Waals surface area (Å²) in [7, 11) is 0. The molecule has 25 N–H and O–H groups in total. The predicted molar refractivity (Wildman–Crippen MR) is 531 cm³/mol. The van der Waals surface area contributed by atoms with Gasteiger partial charge >= 0.3 is 12.0 Å². The number of primary amides is 1. The number of hydrogen-bond donors (Lipinski definition) is 23. The zero-order valence-corrected chi connectivity index (χ0v) is 83.9.